The molecule has 8 nitrogen and oxygen atoms in total. The number of nitrogens with one attached hydrogen (secondary N) is 2. The van der Waals surface area contributed by atoms with Crippen molar-refractivity contribution in [2.45, 2.75) is 10.1 Å². The van der Waals surface area contributed by atoms with Crippen LogP contribution in [0.3, 0.4) is 0 Å². The summed E-state index contributed by atoms with van der Waals surface area (Å²) in [6.07, 6.45) is 0. The lowest BCUT2D eigenvalue weighted by Crippen LogP contribution is -2.12. The minimum absolute atomic E-state index is 0.0510. The van der Waals surface area contributed by atoms with Gasteiger partial charge in [0.15, 0.2) is 0 Å². The van der Waals surface area contributed by atoms with Crippen LogP contribution in [-0.4, -0.2) is 26.0 Å². The summed E-state index contributed by atoms with van der Waals surface area (Å²) >= 11 is 23.2. The van der Waals surface area contributed by atoms with Gasteiger partial charge in [0.2, 0.25) is 11.1 Å². The van der Waals surface area contributed by atoms with Gasteiger partial charge in [-0.05, 0) is 17.8 Å². The predicted molar refractivity (Wildman–Crippen MR) is 91.8 cm³/mol. The third-order valence-electron chi connectivity index (χ3n) is 2.40. The first-order chi connectivity index (χ1) is 11.3. The van der Waals surface area contributed by atoms with Gasteiger partial charge in [-0.3, -0.25) is 20.2 Å². The summed E-state index contributed by atoms with van der Waals surface area (Å²) in [5.41, 5.74) is -0.192. The molecule has 2 rings (SSSR count). The Kier molecular flexibility index (Phi) is 6.30. The van der Waals surface area contributed by atoms with Crippen molar-refractivity contribution in [3.63, 3.8) is 0 Å². The fraction of sp³-hybridized carbons (Fsp3) is 0. The number of rotatable bonds is 5. The number of carbonyl (C=O) groups is 1. The summed E-state index contributed by atoms with van der Waals surface area (Å²) in [4.78, 5) is 26.2. The second kappa shape index (κ2) is 8.04. The molecule has 13 heteroatoms. The lowest BCUT2D eigenvalue weighted by Gasteiger charge is -2.01. The van der Waals surface area contributed by atoms with E-state index in [1.807, 2.05) is 0 Å². The van der Waals surface area contributed by atoms with Gasteiger partial charge in [0.1, 0.15) is 14.4 Å². The summed E-state index contributed by atoms with van der Waals surface area (Å²) in [7, 11) is 0. The molecule has 0 bridgehead atoms. The lowest BCUT2D eigenvalue weighted by atomic mass is 10.3. The van der Waals surface area contributed by atoms with E-state index in [0.717, 1.165) is 11.8 Å². The standard InChI is InChI=1S/C11H5Cl4N5O3S/c12-4-2-1-3-5(20(22)23)7(4)24-11-17-10(18-19-11)16-9(21)6(13)8(14)15/h1-3H,(H2,16,17,18,19,21). The van der Waals surface area contributed by atoms with Gasteiger partial charge >= 0.3 is 0 Å². The van der Waals surface area contributed by atoms with Gasteiger partial charge in [-0.15, -0.1) is 5.10 Å². The van der Waals surface area contributed by atoms with Crippen LogP contribution in [0.15, 0.2) is 37.8 Å². The third kappa shape index (κ3) is 4.52. The van der Waals surface area contributed by atoms with Crippen molar-refractivity contribution in [2.24, 2.45) is 0 Å². The van der Waals surface area contributed by atoms with Gasteiger partial charge in [-0.1, -0.05) is 52.5 Å². The van der Waals surface area contributed by atoms with Crippen molar-refractivity contribution >= 4 is 75.7 Å². The maximum atomic E-state index is 11.6. The topological polar surface area (TPSA) is 114 Å². The molecule has 0 atom stereocenters. The van der Waals surface area contributed by atoms with Gasteiger partial charge in [0, 0.05) is 6.07 Å². The quantitative estimate of drug-likeness (QED) is 0.415. The molecule has 0 fully saturated rings. The third-order valence-corrected chi connectivity index (χ3v) is 4.76. The van der Waals surface area contributed by atoms with Crippen LogP contribution >= 0.6 is 58.2 Å². The fourth-order valence-corrected chi connectivity index (χ4v) is 2.76. The van der Waals surface area contributed by atoms with E-state index < -0.39 is 20.4 Å². The SMILES string of the molecule is O=C(Nc1nc(Sc2c(Cl)cccc2[N+](=O)[O-])n[nH]1)C(Cl)=C(Cl)Cl. The largest absolute Gasteiger partial charge is 0.290 e. The minimum atomic E-state index is -0.798. The van der Waals surface area contributed by atoms with E-state index in [1.165, 1.54) is 18.2 Å². The second-order valence-corrected chi connectivity index (χ2v) is 6.65. The molecule has 0 aliphatic carbocycles. The Labute approximate surface area is 158 Å². The van der Waals surface area contributed by atoms with E-state index in [9.17, 15) is 14.9 Å². The monoisotopic (exact) mass is 427 g/mol. The van der Waals surface area contributed by atoms with Gasteiger partial charge in [-0.2, -0.15) is 4.98 Å². The van der Waals surface area contributed by atoms with Crippen molar-refractivity contribution in [3.05, 3.63) is 42.9 Å². The molecule has 0 spiro atoms. The molecule has 0 aliphatic rings. The molecule has 1 amide bonds. The summed E-state index contributed by atoms with van der Waals surface area (Å²) in [6.45, 7) is 0. The molecule has 0 unspecified atom stereocenters. The van der Waals surface area contributed by atoms with E-state index >= 15 is 0 Å². The van der Waals surface area contributed by atoms with E-state index in [1.54, 1.807) is 0 Å². The van der Waals surface area contributed by atoms with Crippen LogP contribution in [0, 0.1) is 10.1 Å². The summed E-state index contributed by atoms with van der Waals surface area (Å²) < 4.78 is -0.407. The van der Waals surface area contributed by atoms with Crippen molar-refractivity contribution in [2.75, 3.05) is 5.32 Å². The van der Waals surface area contributed by atoms with Crippen LogP contribution < -0.4 is 5.32 Å². The molecular formula is C11H5Cl4N5O3S. The normalized spacial score (nSPS) is 10.3. The number of benzene rings is 1. The maximum absolute atomic E-state index is 11.6. The number of nitro groups is 1. The molecule has 2 aromatic rings. The number of halogens is 4. The average molecular weight is 429 g/mol. The Morgan fingerprint density at radius 1 is 1.33 bits per heavy atom. The van der Waals surface area contributed by atoms with Gasteiger partial charge in [0.25, 0.3) is 11.6 Å². The second-order valence-electron chi connectivity index (χ2n) is 3.94. The molecule has 0 saturated heterocycles. The van der Waals surface area contributed by atoms with Gasteiger partial charge < -0.3 is 0 Å². The summed E-state index contributed by atoms with van der Waals surface area (Å²) in [5, 5.41) is 19.4. The average Bonchev–Trinajstić information content (AvgIpc) is 2.95. The van der Waals surface area contributed by atoms with Gasteiger partial charge in [0.05, 0.1) is 9.95 Å². The fourth-order valence-electron chi connectivity index (χ4n) is 1.43. The number of amides is 1. The number of anilines is 1. The van der Waals surface area contributed by atoms with Crippen molar-refractivity contribution in [1.82, 2.24) is 15.2 Å². The number of carbonyl (C=O) groups excluding carboxylic acids is 1. The van der Waals surface area contributed by atoms with Crippen molar-refractivity contribution in [3.8, 4) is 0 Å². The molecule has 24 heavy (non-hydrogen) atoms. The Hall–Kier alpha value is -1.52. The highest BCUT2D eigenvalue weighted by Crippen LogP contribution is 2.38. The number of H-pyrrole nitrogens is 1. The Morgan fingerprint density at radius 2 is 2.04 bits per heavy atom. The van der Waals surface area contributed by atoms with Crippen LogP contribution in [-0.2, 0) is 4.79 Å². The first-order valence-corrected chi connectivity index (χ1v) is 8.17. The highest BCUT2D eigenvalue weighted by atomic mass is 35.5. The Balaban J connectivity index is 2.20. The van der Waals surface area contributed by atoms with E-state index in [4.69, 9.17) is 46.4 Å². The Bertz CT molecular complexity index is 837. The zero-order valence-electron chi connectivity index (χ0n) is 11.2. The molecule has 0 saturated carbocycles. The highest BCUT2D eigenvalue weighted by molar-refractivity contribution is 7.99. The minimum Gasteiger partial charge on any atom is -0.290 e. The first-order valence-electron chi connectivity index (χ1n) is 5.85. The van der Waals surface area contributed by atoms with Crippen LogP contribution in [0.4, 0.5) is 11.6 Å². The lowest BCUT2D eigenvalue weighted by molar-refractivity contribution is -0.387. The molecule has 1 aromatic carbocycles. The van der Waals surface area contributed by atoms with Crippen molar-refractivity contribution < 1.29 is 9.72 Å². The van der Waals surface area contributed by atoms with E-state index in [0.29, 0.717) is 0 Å². The highest BCUT2D eigenvalue weighted by Gasteiger charge is 2.20. The van der Waals surface area contributed by atoms with Gasteiger partial charge in [-0.25, -0.2) is 5.10 Å². The van der Waals surface area contributed by atoms with E-state index in [-0.39, 0.29) is 26.7 Å². The predicted octanol–water partition coefficient (Wildman–Crippen LogP) is 4.34. The first kappa shape index (κ1) is 18.8. The smallest absolute Gasteiger partial charge is 0.284 e. The molecule has 2 N–H and O–H groups in total. The van der Waals surface area contributed by atoms with Crippen LogP contribution in [0.25, 0.3) is 0 Å². The zero-order valence-corrected chi connectivity index (χ0v) is 15.1. The molecule has 0 radical (unpaired) electrons. The number of hydrogen-bond acceptors (Lipinski definition) is 6. The van der Waals surface area contributed by atoms with Crippen LogP contribution in [0.2, 0.25) is 5.02 Å². The number of hydrogen-bond donors (Lipinski definition) is 2. The van der Waals surface area contributed by atoms with Crippen molar-refractivity contribution in [1.29, 1.82) is 0 Å². The van der Waals surface area contributed by atoms with E-state index in [2.05, 4.69) is 20.5 Å². The zero-order chi connectivity index (χ0) is 17.9. The number of nitrogens with zero attached hydrogens (tertiary/aromatic N) is 3. The molecule has 0 aliphatic heterocycles. The maximum Gasteiger partial charge on any atom is 0.284 e. The number of aromatic nitrogens is 3. The summed E-state index contributed by atoms with van der Waals surface area (Å²) in [6, 6.07) is 4.26. The summed E-state index contributed by atoms with van der Waals surface area (Å²) in [5.74, 6) is -0.849. The Morgan fingerprint density at radius 3 is 2.67 bits per heavy atom. The van der Waals surface area contributed by atoms with Crippen LogP contribution in [0.1, 0.15) is 0 Å². The molecule has 1 heterocycles. The van der Waals surface area contributed by atoms with Crippen LogP contribution in [0.5, 0.6) is 0 Å². The number of aromatic amines is 1. The molecular weight excluding hydrogens is 424 g/mol. The molecule has 1 aromatic heterocycles. The number of nitro benzene ring substituents is 1. The molecule has 126 valence electrons.